The molecule has 1 aliphatic rings. The van der Waals surface area contributed by atoms with Crippen molar-refractivity contribution < 1.29 is 4.42 Å². The fourth-order valence-electron chi connectivity index (χ4n) is 2.27. The highest BCUT2D eigenvalue weighted by Crippen LogP contribution is 2.31. The molecule has 1 saturated heterocycles. The molecule has 0 aromatic carbocycles. The Kier molecular flexibility index (Phi) is 2.89. The van der Waals surface area contributed by atoms with E-state index in [-0.39, 0.29) is 6.04 Å². The molecular weight excluding hydrogens is 176 g/mol. The minimum absolute atomic E-state index is 0.229. The van der Waals surface area contributed by atoms with Crippen LogP contribution in [0.15, 0.2) is 22.8 Å². The number of furan rings is 1. The number of likely N-dealkylation sites (tertiary alicyclic amines) is 1. The first-order valence-corrected chi connectivity index (χ1v) is 5.36. The summed E-state index contributed by atoms with van der Waals surface area (Å²) in [5, 5.41) is 0. The van der Waals surface area contributed by atoms with E-state index in [2.05, 4.69) is 11.8 Å². The summed E-state index contributed by atoms with van der Waals surface area (Å²) in [7, 11) is 0. The van der Waals surface area contributed by atoms with E-state index in [1.54, 1.807) is 6.26 Å². The summed E-state index contributed by atoms with van der Waals surface area (Å²) in [4.78, 5) is 2.42. The molecule has 0 aliphatic carbocycles. The van der Waals surface area contributed by atoms with E-state index in [0.29, 0.717) is 6.04 Å². The molecule has 0 radical (unpaired) electrons. The number of hydrogen-bond donors (Lipinski definition) is 1. The Balaban J connectivity index is 2.13. The molecule has 2 heterocycles. The average molecular weight is 194 g/mol. The van der Waals surface area contributed by atoms with Gasteiger partial charge in [0, 0.05) is 12.6 Å². The van der Waals surface area contributed by atoms with Crippen molar-refractivity contribution in [2.24, 2.45) is 5.73 Å². The molecule has 0 saturated carbocycles. The van der Waals surface area contributed by atoms with Crippen LogP contribution in [0.4, 0.5) is 0 Å². The summed E-state index contributed by atoms with van der Waals surface area (Å²) in [6.45, 7) is 4.41. The molecule has 0 bridgehead atoms. The van der Waals surface area contributed by atoms with Gasteiger partial charge in [0.15, 0.2) is 0 Å². The Hall–Kier alpha value is -0.800. The monoisotopic (exact) mass is 194 g/mol. The van der Waals surface area contributed by atoms with Gasteiger partial charge in [-0.3, -0.25) is 4.90 Å². The topological polar surface area (TPSA) is 42.4 Å². The maximum atomic E-state index is 6.09. The number of hydrogen-bond acceptors (Lipinski definition) is 3. The number of nitrogens with two attached hydrogens (primary N) is 1. The highest BCUT2D eigenvalue weighted by Gasteiger charge is 2.33. The van der Waals surface area contributed by atoms with Crippen LogP contribution in [0.25, 0.3) is 0 Å². The molecule has 0 spiro atoms. The molecule has 3 nitrogen and oxygen atoms in total. The predicted molar refractivity (Wildman–Crippen MR) is 55.9 cm³/mol. The molecule has 2 rings (SSSR count). The molecule has 0 amide bonds. The highest BCUT2D eigenvalue weighted by atomic mass is 16.3. The average Bonchev–Trinajstić information content (AvgIpc) is 2.76. The molecule has 2 N–H and O–H groups in total. The zero-order valence-electron chi connectivity index (χ0n) is 8.65. The van der Waals surface area contributed by atoms with Crippen molar-refractivity contribution in [3.05, 3.63) is 24.2 Å². The zero-order valence-corrected chi connectivity index (χ0v) is 8.65. The van der Waals surface area contributed by atoms with Crippen molar-refractivity contribution in [2.45, 2.75) is 31.8 Å². The van der Waals surface area contributed by atoms with Crippen LogP contribution in [0.2, 0.25) is 0 Å². The second-order valence-corrected chi connectivity index (χ2v) is 3.95. The molecule has 78 valence electrons. The van der Waals surface area contributed by atoms with Crippen molar-refractivity contribution >= 4 is 0 Å². The van der Waals surface area contributed by atoms with Crippen molar-refractivity contribution in [2.75, 3.05) is 13.1 Å². The molecule has 1 aromatic rings. The van der Waals surface area contributed by atoms with Gasteiger partial charge >= 0.3 is 0 Å². The van der Waals surface area contributed by atoms with Crippen LogP contribution in [0.3, 0.4) is 0 Å². The van der Waals surface area contributed by atoms with E-state index in [4.69, 9.17) is 10.2 Å². The van der Waals surface area contributed by atoms with Gasteiger partial charge in [-0.05, 0) is 31.5 Å². The Bertz CT molecular complexity index is 269. The molecule has 1 aromatic heterocycles. The standard InChI is InChI=1S/C11H18N2O/c1-2-6-13-7-5-9(12)11(13)10-4-3-8-14-10/h3-4,8-9,11H,2,5-7,12H2,1H3. The Labute approximate surface area is 84.9 Å². The van der Waals surface area contributed by atoms with Crippen LogP contribution in [0, 0.1) is 0 Å². The molecule has 1 fully saturated rings. The van der Waals surface area contributed by atoms with Gasteiger partial charge in [0.25, 0.3) is 0 Å². The molecular formula is C11H18N2O. The van der Waals surface area contributed by atoms with Gasteiger partial charge in [0.2, 0.25) is 0 Å². The molecule has 14 heavy (non-hydrogen) atoms. The maximum absolute atomic E-state index is 6.09. The van der Waals surface area contributed by atoms with Gasteiger partial charge in [-0.25, -0.2) is 0 Å². The van der Waals surface area contributed by atoms with Crippen molar-refractivity contribution in [3.8, 4) is 0 Å². The van der Waals surface area contributed by atoms with Crippen LogP contribution in [0.1, 0.15) is 31.6 Å². The van der Waals surface area contributed by atoms with Gasteiger partial charge in [0.1, 0.15) is 5.76 Å². The fourth-order valence-corrected chi connectivity index (χ4v) is 2.27. The third-order valence-electron chi connectivity index (χ3n) is 2.89. The van der Waals surface area contributed by atoms with E-state index in [0.717, 1.165) is 25.3 Å². The smallest absolute Gasteiger partial charge is 0.122 e. The van der Waals surface area contributed by atoms with Crippen molar-refractivity contribution in [1.29, 1.82) is 0 Å². The largest absolute Gasteiger partial charge is 0.468 e. The third-order valence-corrected chi connectivity index (χ3v) is 2.89. The summed E-state index contributed by atoms with van der Waals surface area (Å²) in [6.07, 6.45) is 3.97. The quantitative estimate of drug-likeness (QED) is 0.797. The Morgan fingerprint density at radius 3 is 3.14 bits per heavy atom. The normalized spacial score (nSPS) is 28.4. The van der Waals surface area contributed by atoms with E-state index in [1.807, 2.05) is 12.1 Å². The second-order valence-electron chi connectivity index (χ2n) is 3.95. The summed E-state index contributed by atoms with van der Waals surface area (Å²) >= 11 is 0. The lowest BCUT2D eigenvalue weighted by atomic mass is 10.1. The van der Waals surface area contributed by atoms with Crippen LogP contribution in [0.5, 0.6) is 0 Å². The van der Waals surface area contributed by atoms with Gasteiger partial charge in [0.05, 0.1) is 12.3 Å². The summed E-state index contributed by atoms with van der Waals surface area (Å²) < 4.78 is 5.44. The lowest BCUT2D eigenvalue weighted by molar-refractivity contribution is 0.219. The lowest BCUT2D eigenvalue weighted by Gasteiger charge is -2.24. The van der Waals surface area contributed by atoms with Gasteiger partial charge < -0.3 is 10.2 Å². The SMILES string of the molecule is CCCN1CCC(N)C1c1ccco1. The van der Waals surface area contributed by atoms with Crippen LogP contribution < -0.4 is 5.73 Å². The minimum Gasteiger partial charge on any atom is -0.468 e. The van der Waals surface area contributed by atoms with E-state index >= 15 is 0 Å². The zero-order chi connectivity index (χ0) is 9.97. The van der Waals surface area contributed by atoms with E-state index in [1.165, 1.54) is 6.42 Å². The number of nitrogens with zero attached hydrogens (tertiary/aromatic N) is 1. The summed E-state index contributed by atoms with van der Waals surface area (Å²) in [5.74, 6) is 1.02. The van der Waals surface area contributed by atoms with Gasteiger partial charge in [-0.2, -0.15) is 0 Å². The minimum atomic E-state index is 0.229. The first-order chi connectivity index (χ1) is 6.83. The highest BCUT2D eigenvalue weighted by molar-refractivity contribution is 5.10. The van der Waals surface area contributed by atoms with Gasteiger partial charge in [-0.15, -0.1) is 0 Å². The predicted octanol–water partition coefficient (Wildman–Crippen LogP) is 1.76. The summed E-state index contributed by atoms with van der Waals surface area (Å²) in [5.41, 5.74) is 6.09. The molecule has 2 unspecified atom stereocenters. The number of rotatable bonds is 3. The molecule has 2 atom stereocenters. The van der Waals surface area contributed by atoms with Crippen LogP contribution >= 0.6 is 0 Å². The maximum Gasteiger partial charge on any atom is 0.122 e. The van der Waals surface area contributed by atoms with Crippen LogP contribution in [-0.4, -0.2) is 24.0 Å². The Morgan fingerprint density at radius 1 is 1.64 bits per heavy atom. The lowest BCUT2D eigenvalue weighted by Crippen LogP contribution is -2.31. The van der Waals surface area contributed by atoms with E-state index in [9.17, 15) is 0 Å². The van der Waals surface area contributed by atoms with Crippen molar-refractivity contribution in [3.63, 3.8) is 0 Å². The third kappa shape index (κ3) is 1.70. The van der Waals surface area contributed by atoms with E-state index < -0.39 is 0 Å². The van der Waals surface area contributed by atoms with Crippen LogP contribution in [-0.2, 0) is 0 Å². The molecule has 3 heteroatoms. The Morgan fingerprint density at radius 2 is 2.50 bits per heavy atom. The summed E-state index contributed by atoms with van der Waals surface area (Å²) in [6, 6.07) is 4.49. The molecule has 1 aliphatic heterocycles. The van der Waals surface area contributed by atoms with Crippen molar-refractivity contribution in [1.82, 2.24) is 4.90 Å². The first-order valence-electron chi connectivity index (χ1n) is 5.36. The fraction of sp³-hybridized carbons (Fsp3) is 0.636. The second kappa shape index (κ2) is 4.15. The van der Waals surface area contributed by atoms with Gasteiger partial charge in [-0.1, -0.05) is 6.92 Å². The first kappa shape index (κ1) is 9.74.